The van der Waals surface area contributed by atoms with Crippen LogP contribution in [0, 0.1) is 20.8 Å². The van der Waals surface area contributed by atoms with Gasteiger partial charge >= 0.3 is 12.4 Å². The normalized spacial score (nSPS) is 18.1. The number of anilines is 4. The van der Waals surface area contributed by atoms with E-state index in [0.29, 0.717) is 11.4 Å². The molecule has 11 rings (SSSR count). The first-order valence-electron chi connectivity index (χ1n) is 29.4. The highest BCUT2D eigenvalue weighted by atomic mass is 31.2. The van der Waals surface area contributed by atoms with Gasteiger partial charge in [-0.1, -0.05) is 141 Å². The molecule has 8 aromatic rings. The quantitative estimate of drug-likeness (QED) is 0.111. The summed E-state index contributed by atoms with van der Waals surface area (Å²) in [7, 11) is -1.10. The fourth-order valence-corrected chi connectivity index (χ4v) is 21.6. The SMILES string of the molecule is COc1cccc(C)c1-c1cccc2c1P(=O)(C(C)(C)C)CC2.COc1cccc(C)c1-c1cccc2c1P(=O)(C(C)(C)C)CN2c1ccc(C(F)(F)F)cc1.COc1cccc(C)c1-c1cccc2c1P(C(C)(C)C)CN2c1ccc(C(F)(F)F)cc1. The van der Waals surface area contributed by atoms with Crippen LogP contribution >= 0.6 is 22.2 Å². The fraction of sp³-hybridized carbons (Fsp3) is 0.333. The Hall–Kier alpha value is -6.77. The van der Waals surface area contributed by atoms with Crippen LogP contribution in [0.1, 0.15) is 95.7 Å². The Balaban J connectivity index is 0.000000160. The van der Waals surface area contributed by atoms with Crippen LogP contribution in [-0.4, -0.2) is 55.5 Å². The topological polar surface area (TPSA) is 68.3 Å². The number of aryl methyl sites for hydroxylation is 4. The predicted molar refractivity (Wildman–Crippen MR) is 355 cm³/mol. The van der Waals surface area contributed by atoms with Crippen molar-refractivity contribution >= 4 is 60.9 Å². The smallest absolute Gasteiger partial charge is 0.416 e. The summed E-state index contributed by atoms with van der Waals surface area (Å²) in [6.45, 7) is 25.1. The van der Waals surface area contributed by atoms with Crippen molar-refractivity contribution in [3.63, 3.8) is 0 Å². The molecule has 8 aromatic carbocycles. The van der Waals surface area contributed by atoms with E-state index < -0.39 is 50.8 Å². The molecule has 7 nitrogen and oxygen atoms in total. The van der Waals surface area contributed by atoms with Gasteiger partial charge in [0.1, 0.15) is 31.5 Å². The number of hydrogen-bond acceptors (Lipinski definition) is 7. The Morgan fingerprint density at radius 1 is 0.443 bits per heavy atom. The number of methoxy groups -OCH3 is 3. The van der Waals surface area contributed by atoms with Gasteiger partial charge in [-0.15, -0.1) is 0 Å². The van der Waals surface area contributed by atoms with Crippen LogP contribution in [0.4, 0.5) is 49.1 Å². The Bertz CT molecular complexity index is 3990. The third-order valence-corrected chi connectivity index (χ3v) is 28.7. The first-order valence-corrected chi connectivity index (χ1v) is 34.7. The number of ether oxygens (including phenoxy) is 3. The van der Waals surface area contributed by atoms with Crippen LogP contribution in [0.15, 0.2) is 158 Å². The highest BCUT2D eigenvalue weighted by molar-refractivity contribution is 7.74. The van der Waals surface area contributed by atoms with Crippen molar-refractivity contribution < 1.29 is 49.7 Å². The van der Waals surface area contributed by atoms with Crippen molar-refractivity contribution in [1.82, 2.24) is 0 Å². The van der Waals surface area contributed by atoms with E-state index in [1.807, 2.05) is 99.3 Å². The monoisotopic (exact) mass is 1260 g/mol. The van der Waals surface area contributed by atoms with Gasteiger partial charge in [0, 0.05) is 72.4 Å². The third kappa shape index (κ3) is 12.3. The Labute approximate surface area is 517 Å². The minimum absolute atomic E-state index is 0.0246. The summed E-state index contributed by atoms with van der Waals surface area (Å²) in [5, 5.41) is 2.38. The van der Waals surface area contributed by atoms with Crippen molar-refractivity contribution in [2.24, 2.45) is 0 Å². The summed E-state index contributed by atoms with van der Waals surface area (Å²) in [4.78, 5) is 4.05. The molecule has 0 saturated heterocycles. The maximum atomic E-state index is 14.7. The van der Waals surface area contributed by atoms with Crippen molar-refractivity contribution in [2.45, 2.75) is 117 Å². The summed E-state index contributed by atoms with van der Waals surface area (Å²) in [5.74, 6) is 2.37. The number of alkyl halides is 6. The van der Waals surface area contributed by atoms with E-state index in [9.17, 15) is 35.5 Å². The summed E-state index contributed by atoms with van der Waals surface area (Å²) < 4.78 is 124. The lowest BCUT2D eigenvalue weighted by molar-refractivity contribution is -0.138. The zero-order valence-electron chi connectivity index (χ0n) is 52.9. The molecule has 0 amide bonds. The standard InChI is InChI=1S/C26H27F3NO2P.C26H27F3NOP.C20H25O2P/c1-17-8-6-11-22(32-5)23(17)20-9-7-10-21-24(20)33(31,25(2,3)4)16-30(21)19-14-12-18(13-15-19)26(27,28)29;1-17-8-6-11-22(31-5)23(17)20-9-7-10-21-24(20)32(25(2,3)4)16-30(21)19-14-12-18(13-15-19)26(27,28)29;1-14-8-6-11-17(22-5)18(14)16-10-7-9-15-12-13-23(21,19(15)16)20(2,3)4/h6-15H,16H2,1-5H3;6-15H,16H2,1-5H3;6-11H,12-13H2,1-5H3. The van der Waals surface area contributed by atoms with Gasteiger partial charge in [0.05, 0.1) is 44.4 Å². The molecule has 464 valence electrons. The molecule has 0 spiro atoms. The molecule has 3 unspecified atom stereocenters. The van der Waals surface area contributed by atoms with Crippen molar-refractivity contribution in [2.75, 3.05) is 49.9 Å². The summed E-state index contributed by atoms with van der Waals surface area (Å²) in [6, 6.07) is 46.8. The lowest BCUT2D eigenvalue weighted by Crippen LogP contribution is -2.24. The molecule has 3 aliphatic heterocycles. The van der Waals surface area contributed by atoms with Gasteiger partial charge in [0.25, 0.3) is 0 Å². The van der Waals surface area contributed by atoms with Crippen LogP contribution in [-0.2, 0) is 27.9 Å². The number of fused-ring (bicyclic) bond motifs is 3. The molecular formula is C72H79F6N2O5P3. The van der Waals surface area contributed by atoms with Gasteiger partial charge < -0.3 is 33.1 Å². The average molecular weight is 1260 g/mol. The highest BCUT2D eigenvalue weighted by Crippen LogP contribution is 2.66. The second-order valence-corrected chi connectivity index (χ2v) is 35.9. The molecule has 0 fully saturated rings. The Morgan fingerprint density at radius 2 is 0.830 bits per heavy atom. The molecule has 0 aliphatic carbocycles. The molecule has 0 N–H and O–H groups in total. The molecule has 88 heavy (non-hydrogen) atoms. The number of nitrogens with zero attached hydrogens (tertiary/aromatic N) is 2. The zero-order valence-corrected chi connectivity index (χ0v) is 55.6. The van der Waals surface area contributed by atoms with Crippen molar-refractivity contribution in [3.05, 3.63) is 191 Å². The molecule has 3 aliphatic rings. The van der Waals surface area contributed by atoms with Crippen molar-refractivity contribution in [3.8, 4) is 50.6 Å². The maximum Gasteiger partial charge on any atom is 0.416 e. The second-order valence-electron chi connectivity index (χ2n) is 25.7. The van der Waals surface area contributed by atoms with E-state index in [0.717, 1.165) is 120 Å². The van der Waals surface area contributed by atoms with Crippen LogP contribution in [0.3, 0.4) is 0 Å². The van der Waals surface area contributed by atoms with Crippen LogP contribution in [0.2, 0.25) is 0 Å². The van der Waals surface area contributed by atoms with Gasteiger partial charge in [0.15, 0.2) is 0 Å². The van der Waals surface area contributed by atoms with E-state index >= 15 is 0 Å². The molecule has 0 bridgehead atoms. The number of hydrogen-bond donors (Lipinski definition) is 0. The summed E-state index contributed by atoms with van der Waals surface area (Å²) >= 11 is 0. The molecule has 3 heterocycles. The first-order chi connectivity index (χ1) is 41.2. The largest absolute Gasteiger partial charge is 0.496 e. The van der Waals surface area contributed by atoms with E-state index in [1.54, 1.807) is 33.5 Å². The van der Waals surface area contributed by atoms with E-state index in [4.69, 9.17) is 14.2 Å². The molecule has 16 heteroatoms. The summed E-state index contributed by atoms with van der Waals surface area (Å²) in [6.07, 6.45) is -6.07. The number of benzene rings is 8. The van der Waals surface area contributed by atoms with Gasteiger partial charge in [-0.3, -0.25) is 0 Å². The van der Waals surface area contributed by atoms with Crippen LogP contribution in [0.5, 0.6) is 17.2 Å². The molecule has 0 saturated carbocycles. The first kappa shape index (κ1) is 65.7. The average Bonchev–Trinajstić information content (AvgIpc) is 1.66. The Morgan fingerprint density at radius 3 is 1.25 bits per heavy atom. The van der Waals surface area contributed by atoms with Gasteiger partial charge in [-0.2, -0.15) is 26.3 Å². The zero-order chi connectivity index (χ0) is 64.3. The Kier molecular flexibility index (Phi) is 18.3. The van der Waals surface area contributed by atoms with Gasteiger partial charge in [0.2, 0.25) is 0 Å². The van der Waals surface area contributed by atoms with E-state index in [-0.39, 0.29) is 16.6 Å². The minimum Gasteiger partial charge on any atom is -0.496 e. The minimum atomic E-state index is -4.41. The van der Waals surface area contributed by atoms with E-state index in [2.05, 4.69) is 103 Å². The fourth-order valence-electron chi connectivity index (χ4n) is 12.3. The van der Waals surface area contributed by atoms with Crippen LogP contribution in [0.25, 0.3) is 33.4 Å². The maximum absolute atomic E-state index is 14.7. The predicted octanol–water partition coefficient (Wildman–Crippen LogP) is 20.3. The van der Waals surface area contributed by atoms with E-state index in [1.165, 1.54) is 35.1 Å². The lowest BCUT2D eigenvalue weighted by Gasteiger charge is -2.30. The molecule has 0 radical (unpaired) electrons. The molecule has 0 aromatic heterocycles. The van der Waals surface area contributed by atoms with Crippen molar-refractivity contribution in [1.29, 1.82) is 0 Å². The van der Waals surface area contributed by atoms with Crippen LogP contribution < -0.4 is 39.9 Å². The second kappa shape index (κ2) is 24.5. The molecule has 3 atom stereocenters. The highest BCUT2D eigenvalue weighted by Gasteiger charge is 2.49. The van der Waals surface area contributed by atoms with Gasteiger partial charge in [-0.25, -0.2) is 0 Å². The lowest BCUT2D eigenvalue weighted by atomic mass is 9.97. The number of rotatable bonds is 8. The molecular weight excluding hydrogens is 1180 g/mol. The van der Waals surface area contributed by atoms with Gasteiger partial charge in [-0.05, 0) is 158 Å². The number of halogens is 6. The summed E-state index contributed by atoms with van der Waals surface area (Å²) in [5.41, 5.74) is 12.5. The third-order valence-electron chi connectivity index (χ3n) is 17.2.